The third-order valence-electron chi connectivity index (χ3n) is 4.38. The summed E-state index contributed by atoms with van der Waals surface area (Å²) in [7, 11) is 4.70. The molecule has 1 heterocycles. The molecule has 2 aromatic carbocycles. The van der Waals surface area contributed by atoms with Gasteiger partial charge in [0.2, 0.25) is 5.91 Å². The molecule has 0 aliphatic rings. The number of hydrogen-bond acceptors (Lipinski definition) is 6. The van der Waals surface area contributed by atoms with E-state index < -0.39 is 0 Å². The van der Waals surface area contributed by atoms with E-state index >= 15 is 0 Å². The molecule has 1 amide bonds. The standard InChI is InChI=1S/C23H24N2O5/c1-27-19-8-6-16(11-21(19)29-3)12-23(26)25-18-7-9-20(28-2)22(13-18)30-15-17-5-4-10-24-14-17/h4-11,13-14H,12,15H2,1-3H3,(H,25,26). The lowest BCUT2D eigenvalue weighted by Gasteiger charge is -2.13. The number of methoxy groups -OCH3 is 3. The molecule has 3 aromatic rings. The molecule has 7 nitrogen and oxygen atoms in total. The van der Waals surface area contributed by atoms with Crippen molar-refractivity contribution in [3.8, 4) is 23.0 Å². The summed E-state index contributed by atoms with van der Waals surface area (Å²) in [5.41, 5.74) is 2.36. The Balaban J connectivity index is 1.67. The number of pyridine rings is 1. The van der Waals surface area contributed by atoms with Crippen molar-refractivity contribution >= 4 is 11.6 Å². The Morgan fingerprint density at radius 3 is 2.30 bits per heavy atom. The highest BCUT2D eigenvalue weighted by Crippen LogP contribution is 2.31. The van der Waals surface area contributed by atoms with Gasteiger partial charge in [-0.2, -0.15) is 0 Å². The van der Waals surface area contributed by atoms with Crippen molar-refractivity contribution < 1.29 is 23.7 Å². The number of carbonyl (C=O) groups excluding carboxylic acids is 1. The number of carbonyl (C=O) groups is 1. The van der Waals surface area contributed by atoms with Gasteiger partial charge in [0.15, 0.2) is 23.0 Å². The molecule has 0 aliphatic carbocycles. The monoisotopic (exact) mass is 408 g/mol. The average Bonchev–Trinajstić information content (AvgIpc) is 2.78. The van der Waals surface area contributed by atoms with Crippen molar-refractivity contribution in [3.05, 3.63) is 72.1 Å². The minimum absolute atomic E-state index is 0.161. The molecule has 1 N–H and O–H groups in total. The van der Waals surface area contributed by atoms with Gasteiger partial charge in [-0.15, -0.1) is 0 Å². The summed E-state index contributed by atoms with van der Waals surface area (Å²) >= 11 is 0. The Labute approximate surface area is 175 Å². The normalized spacial score (nSPS) is 10.2. The number of benzene rings is 2. The largest absolute Gasteiger partial charge is 0.493 e. The van der Waals surface area contributed by atoms with Crippen LogP contribution < -0.4 is 24.3 Å². The van der Waals surface area contributed by atoms with Crippen molar-refractivity contribution in [2.75, 3.05) is 26.6 Å². The van der Waals surface area contributed by atoms with Crippen LogP contribution >= 0.6 is 0 Å². The van der Waals surface area contributed by atoms with Gasteiger partial charge in [0.25, 0.3) is 0 Å². The second-order valence-electron chi connectivity index (χ2n) is 6.43. The van der Waals surface area contributed by atoms with Gasteiger partial charge >= 0.3 is 0 Å². The van der Waals surface area contributed by atoms with Crippen LogP contribution in [0.4, 0.5) is 5.69 Å². The van der Waals surface area contributed by atoms with E-state index in [1.165, 1.54) is 0 Å². The minimum atomic E-state index is -0.161. The molecule has 0 saturated heterocycles. The predicted molar refractivity (Wildman–Crippen MR) is 113 cm³/mol. The fourth-order valence-corrected chi connectivity index (χ4v) is 2.89. The molecular weight excluding hydrogens is 384 g/mol. The van der Waals surface area contributed by atoms with Crippen molar-refractivity contribution in [1.82, 2.24) is 4.98 Å². The third-order valence-corrected chi connectivity index (χ3v) is 4.38. The molecule has 30 heavy (non-hydrogen) atoms. The van der Waals surface area contributed by atoms with Gasteiger partial charge in [-0.1, -0.05) is 12.1 Å². The van der Waals surface area contributed by atoms with Crippen LogP contribution in [0.1, 0.15) is 11.1 Å². The van der Waals surface area contributed by atoms with Gasteiger partial charge in [0.05, 0.1) is 27.8 Å². The summed E-state index contributed by atoms with van der Waals surface area (Å²) in [5, 5.41) is 2.89. The van der Waals surface area contributed by atoms with Crippen molar-refractivity contribution in [1.29, 1.82) is 0 Å². The Morgan fingerprint density at radius 2 is 1.60 bits per heavy atom. The highest BCUT2D eigenvalue weighted by atomic mass is 16.5. The lowest BCUT2D eigenvalue weighted by molar-refractivity contribution is -0.115. The number of hydrogen-bond donors (Lipinski definition) is 1. The van der Waals surface area contributed by atoms with Crippen LogP contribution in [0.3, 0.4) is 0 Å². The van der Waals surface area contributed by atoms with Crippen LogP contribution in [-0.2, 0) is 17.8 Å². The molecule has 0 atom stereocenters. The van der Waals surface area contributed by atoms with E-state index in [4.69, 9.17) is 18.9 Å². The van der Waals surface area contributed by atoms with Gasteiger partial charge in [-0.25, -0.2) is 0 Å². The summed E-state index contributed by atoms with van der Waals surface area (Å²) in [6.07, 6.45) is 3.64. The summed E-state index contributed by atoms with van der Waals surface area (Å²) in [6, 6.07) is 14.4. The summed E-state index contributed by atoms with van der Waals surface area (Å²) in [6.45, 7) is 0.341. The van der Waals surface area contributed by atoms with E-state index in [2.05, 4.69) is 10.3 Å². The fourth-order valence-electron chi connectivity index (χ4n) is 2.89. The van der Waals surface area contributed by atoms with E-state index in [-0.39, 0.29) is 12.3 Å². The van der Waals surface area contributed by atoms with Crippen LogP contribution in [0, 0.1) is 0 Å². The zero-order valence-corrected chi connectivity index (χ0v) is 17.2. The van der Waals surface area contributed by atoms with E-state index in [0.29, 0.717) is 35.3 Å². The Morgan fingerprint density at radius 1 is 0.867 bits per heavy atom. The van der Waals surface area contributed by atoms with Crippen molar-refractivity contribution in [3.63, 3.8) is 0 Å². The second-order valence-corrected chi connectivity index (χ2v) is 6.43. The lowest BCUT2D eigenvalue weighted by atomic mass is 10.1. The maximum atomic E-state index is 12.5. The summed E-state index contributed by atoms with van der Waals surface area (Å²) < 4.78 is 21.7. The molecule has 0 aliphatic heterocycles. The average molecular weight is 408 g/mol. The van der Waals surface area contributed by atoms with Crippen LogP contribution in [0.5, 0.6) is 23.0 Å². The first-order valence-electron chi connectivity index (χ1n) is 9.33. The topological polar surface area (TPSA) is 78.9 Å². The van der Waals surface area contributed by atoms with Gasteiger partial charge < -0.3 is 24.3 Å². The molecule has 7 heteroatoms. The van der Waals surface area contributed by atoms with Crippen LogP contribution in [0.25, 0.3) is 0 Å². The molecule has 3 rings (SSSR count). The van der Waals surface area contributed by atoms with Gasteiger partial charge in [0.1, 0.15) is 6.61 Å². The number of amides is 1. The predicted octanol–water partition coefficient (Wildman–Crippen LogP) is 3.87. The zero-order valence-electron chi connectivity index (χ0n) is 17.2. The first-order chi connectivity index (χ1) is 14.6. The molecule has 0 unspecified atom stereocenters. The second kappa shape index (κ2) is 10.2. The van der Waals surface area contributed by atoms with Crippen LogP contribution in [-0.4, -0.2) is 32.2 Å². The first kappa shape index (κ1) is 21.0. The highest BCUT2D eigenvalue weighted by Gasteiger charge is 2.11. The number of nitrogens with one attached hydrogen (secondary N) is 1. The molecule has 0 fully saturated rings. The molecule has 156 valence electrons. The van der Waals surface area contributed by atoms with Crippen molar-refractivity contribution in [2.45, 2.75) is 13.0 Å². The zero-order chi connectivity index (χ0) is 21.3. The van der Waals surface area contributed by atoms with Gasteiger partial charge in [-0.3, -0.25) is 9.78 Å². The number of rotatable bonds is 9. The molecule has 0 spiro atoms. The fraction of sp³-hybridized carbons (Fsp3) is 0.217. The van der Waals surface area contributed by atoms with Crippen LogP contribution in [0.2, 0.25) is 0 Å². The number of nitrogens with zero attached hydrogens (tertiary/aromatic N) is 1. The smallest absolute Gasteiger partial charge is 0.228 e. The van der Waals surface area contributed by atoms with E-state index in [1.54, 1.807) is 64.1 Å². The minimum Gasteiger partial charge on any atom is -0.493 e. The molecule has 1 aromatic heterocycles. The Hall–Kier alpha value is -3.74. The number of aromatic nitrogens is 1. The molecule has 0 saturated carbocycles. The van der Waals surface area contributed by atoms with Crippen LogP contribution in [0.15, 0.2) is 60.9 Å². The first-order valence-corrected chi connectivity index (χ1v) is 9.33. The van der Waals surface area contributed by atoms with Crippen molar-refractivity contribution in [2.24, 2.45) is 0 Å². The quantitative estimate of drug-likeness (QED) is 0.579. The highest BCUT2D eigenvalue weighted by molar-refractivity contribution is 5.92. The number of anilines is 1. The van der Waals surface area contributed by atoms with E-state index in [9.17, 15) is 4.79 Å². The summed E-state index contributed by atoms with van der Waals surface area (Å²) in [5.74, 6) is 2.15. The summed E-state index contributed by atoms with van der Waals surface area (Å²) in [4.78, 5) is 16.6. The van der Waals surface area contributed by atoms with E-state index in [0.717, 1.165) is 11.1 Å². The van der Waals surface area contributed by atoms with Gasteiger partial charge in [-0.05, 0) is 35.9 Å². The Kier molecular flexibility index (Phi) is 7.10. The lowest BCUT2D eigenvalue weighted by Crippen LogP contribution is -2.14. The molecule has 0 bridgehead atoms. The maximum Gasteiger partial charge on any atom is 0.228 e. The van der Waals surface area contributed by atoms with Gasteiger partial charge in [0, 0.05) is 29.7 Å². The maximum absolute atomic E-state index is 12.5. The molecular formula is C23H24N2O5. The molecule has 0 radical (unpaired) electrons. The SMILES string of the molecule is COc1ccc(CC(=O)Nc2ccc(OC)c(OCc3cccnc3)c2)cc1OC. The third kappa shape index (κ3) is 5.41. The number of ether oxygens (including phenoxy) is 4. The van der Waals surface area contributed by atoms with E-state index in [1.807, 2.05) is 18.2 Å². The Bertz CT molecular complexity index is 992.